The summed E-state index contributed by atoms with van der Waals surface area (Å²) in [5, 5.41) is 0.475. The van der Waals surface area contributed by atoms with E-state index in [1.54, 1.807) is 42.9 Å². The van der Waals surface area contributed by atoms with Crippen LogP contribution in [0.1, 0.15) is 11.1 Å². The maximum absolute atomic E-state index is 14.4. The number of benzene rings is 1. The zero-order valence-corrected chi connectivity index (χ0v) is 17.4. The third-order valence-electron chi connectivity index (χ3n) is 5.55. The Kier molecular flexibility index (Phi) is 4.19. The van der Waals surface area contributed by atoms with Crippen LogP contribution in [0.25, 0.3) is 22.5 Å². The molecule has 6 rings (SSSR count). The molecule has 1 aromatic carbocycles. The quantitative estimate of drug-likeness (QED) is 0.466. The van der Waals surface area contributed by atoms with Crippen molar-refractivity contribution in [3.05, 3.63) is 84.3 Å². The fourth-order valence-electron chi connectivity index (χ4n) is 4.07. The standard InChI is InChI=1S/C23H15FN6OS/c24-19-15(3-1-6-26-19)13-4-5-18-16(9-13)23(12-32-22(25)30-23)17-10-14(11-29-21(17)31-18)20-27-7-2-8-28-20/h1-11H,12H2,(H2,25,30). The predicted octanol–water partition coefficient (Wildman–Crippen LogP) is 4.15. The molecule has 0 saturated carbocycles. The highest BCUT2D eigenvalue weighted by molar-refractivity contribution is 8.14. The molecule has 2 N–H and O–H groups in total. The van der Waals surface area contributed by atoms with Crippen LogP contribution in [0.3, 0.4) is 0 Å². The third-order valence-corrected chi connectivity index (χ3v) is 6.50. The Bertz CT molecular complexity index is 1400. The molecular weight excluding hydrogens is 427 g/mol. The second-order valence-electron chi connectivity index (χ2n) is 7.40. The number of hydrogen-bond acceptors (Lipinski definition) is 8. The van der Waals surface area contributed by atoms with E-state index in [0.717, 1.165) is 16.7 Å². The molecule has 0 fully saturated rings. The minimum absolute atomic E-state index is 0.406. The van der Waals surface area contributed by atoms with Gasteiger partial charge in [0.2, 0.25) is 11.8 Å². The Hall–Kier alpha value is -3.85. The van der Waals surface area contributed by atoms with E-state index >= 15 is 0 Å². The molecule has 0 amide bonds. The van der Waals surface area contributed by atoms with E-state index in [-0.39, 0.29) is 0 Å². The molecule has 0 saturated heterocycles. The number of thioether (sulfide) groups is 1. The highest BCUT2D eigenvalue weighted by atomic mass is 32.2. The SMILES string of the molecule is NC1=NC2(CS1)c1cc(-c3cccnc3F)ccc1Oc1ncc(-c3ncccn3)cc12. The molecule has 0 bridgehead atoms. The van der Waals surface area contributed by atoms with Crippen molar-refractivity contribution in [2.75, 3.05) is 5.75 Å². The van der Waals surface area contributed by atoms with Crippen molar-refractivity contribution in [1.29, 1.82) is 0 Å². The first-order chi connectivity index (χ1) is 15.6. The van der Waals surface area contributed by atoms with Crippen molar-refractivity contribution < 1.29 is 9.13 Å². The highest BCUT2D eigenvalue weighted by Crippen LogP contribution is 2.53. The zero-order chi connectivity index (χ0) is 21.7. The molecule has 2 aliphatic rings. The lowest BCUT2D eigenvalue weighted by Gasteiger charge is -2.34. The van der Waals surface area contributed by atoms with Gasteiger partial charge in [-0.15, -0.1) is 0 Å². The van der Waals surface area contributed by atoms with Crippen molar-refractivity contribution >= 4 is 16.9 Å². The average molecular weight is 442 g/mol. The number of nitrogens with zero attached hydrogens (tertiary/aromatic N) is 5. The maximum Gasteiger partial charge on any atom is 0.225 e. The second kappa shape index (κ2) is 7.10. The van der Waals surface area contributed by atoms with E-state index in [0.29, 0.717) is 39.5 Å². The van der Waals surface area contributed by atoms with Gasteiger partial charge in [0, 0.05) is 52.8 Å². The fourth-order valence-corrected chi connectivity index (χ4v) is 5.02. The van der Waals surface area contributed by atoms with E-state index in [9.17, 15) is 4.39 Å². The first-order valence-corrected chi connectivity index (χ1v) is 10.8. The number of aliphatic imine (C=N–C) groups is 1. The van der Waals surface area contributed by atoms with Gasteiger partial charge in [-0.25, -0.2) is 24.9 Å². The van der Waals surface area contributed by atoms with Gasteiger partial charge in [-0.3, -0.25) is 0 Å². The Morgan fingerprint density at radius 1 is 0.938 bits per heavy atom. The topological polar surface area (TPSA) is 99.2 Å². The van der Waals surface area contributed by atoms with Crippen LogP contribution in [0.2, 0.25) is 0 Å². The number of fused-ring (bicyclic) bond motifs is 4. The molecule has 1 atom stereocenters. The van der Waals surface area contributed by atoms with E-state index in [1.807, 2.05) is 18.2 Å². The summed E-state index contributed by atoms with van der Waals surface area (Å²) in [6.45, 7) is 0. The molecule has 4 aromatic rings. The summed E-state index contributed by atoms with van der Waals surface area (Å²) in [5.74, 6) is 1.66. The third kappa shape index (κ3) is 2.85. The number of amidine groups is 1. The van der Waals surface area contributed by atoms with Crippen LogP contribution in [0, 0.1) is 5.95 Å². The van der Waals surface area contributed by atoms with Crippen molar-refractivity contribution in [1.82, 2.24) is 19.9 Å². The number of halogens is 1. The Morgan fingerprint density at radius 3 is 2.53 bits per heavy atom. The summed E-state index contributed by atoms with van der Waals surface area (Å²) in [4.78, 5) is 21.8. The van der Waals surface area contributed by atoms with Crippen LogP contribution < -0.4 is 10.5 Å². The minimum atomic E-state index is -0.815. The molecule has 0 radical (unpaired) electrons. The average Bonchev–Trinajstić information content (AvgIpc) is 3.22. The summed E-state index contributed by atoms with van der Waals surface area (Å²) >= 11 is 1.46. The molecular formula is C23H15FN6OS. The zero-order valence-electron chi connectivity index (χ0n) is 16.6. The van der Waals surface area contributed by atoms with E-state index in [4.69, 9.17) is 15.5 Å². The molecule has 7 nitrogen and oxygen atoms in total. The van der Waals surface area contributed by atoms with Crippen LogP contribution in [-0.2, 0) is 5.54 Å². The monoisotopic (exact) mass is 442 g/mol. The summed E-state index contributed by atoms with van der Waals surface area (Å²) in [7, 11) is 0. The normalized spacial score (nSPS) is 18.6. The Morgan fingerprint density at radius 2 is 1.75 bits per heavy atom. The van der Waals surface area contributed by atoms with Gasteiger partial charge in [0.1, 0.15) is 11.3 Å². The molecule has 2 aliphatic heterocycles. The summed E-state index contributed by atoms with van der Waals surface area (Å²) in [6.07, 6.45) is 6.47. The first-order valence-electron chi connectivity index (χ1n) is 9.83. The van der Waals surface area contributed by atoms with Gasteiger partial charge in [-0.2, -0.15) is 4.39 Å². The van der Waals surface area contributed by atoms with Crippen molar-refractivity contribution in [2.45, 2.75) is 5.54 Å². The summed E-state index contributed by atoms with van der Waals surface area (Å²) < 4.78 is 20.5. The first kappa shape index (κ1) is 18.9. The fraction of sp³-hybridized carbons (Fsp3) is 0.0870. The van der Waals surface area contributed by atoms with Crippen LogP contribution in [0.5, 0.6) is 11.6 Å². The van der Waals surface area contributed by atoms with Crippen molar-refractivity contribution in [3.63, 3.8) is 0 Å². The molecule has 32 heavy (non-hydrogen) atoms. The van der Waals surface area contributed by atoms with Crippen molar-refractivity contribution in [2.24, 2.45) is 10.7 Å². The molecule has 3 aromatic heterocycles. The minimum Gasteiger partial charge on any atom is -0.438 e. The lowest BCUT2D eigenvalue weighted by atomic mass is 9.81. The largest absolute Gasteiger partial charge is 0.438 e. The van der Waals surface area contributed by atoms with Gasteiger partial charge in [0.25, 0.3) is 0 Å². The molecule has 5 heterocycles. The summed E-state index contributed by atoms with van der Waals surface area (Å²) in [5.41, 5.74) is 8.72. The molecule has 9 heteroatoms. The maximum atomic E-state index is 14.4. The van der Waals surface area contributed by atoms with Gasteiger partial charge >= 0.3 is 0 Å². The van der Waals surface area contributed by atoms with Gasteiger partial charge in [0.05, 0.1) is 0 Å². The van der Waals surface area contributed by atoms with Crippen molar-refractivity contribution in [3.8, 4) is 34.1 Å². The van der Waals surface area contributed by atoms with Gasteiger partial charge in [-0.1, -0.05) is 17.8 Å². The van der Waals surface area contributed by atoms with Gasteiger partial charge in [0.15, 0.2) is 11.0 Å². The predicted molar refractivity (Wildman–Crippen MR) is 120 cm³/mol. The van der Waals surface area contributed by atoms with E-state index in [1.165, 1.54) is 18.0 Å². The summed E-state index contributed by atoms with van der Waals surface area (Å²) in [6, 6.07) is 12.6. The van der Waals surface area contributed by atoms with E-state index in [2.05, 4.69) is 19.9 Å². The lowest BCUT2D eigenvalue weighted by Crippen LogP contribution is -2.30. The second-order valence-corrected chi connectivity index (χ2v) is 8.40. The van der Waals surface area contributed by atoms with Gasteiger partial charge in [-0.05, 0) is 42.0 Å². The smallest absolute Gasteiger partial charge is 0.225 e. The Labute approximate surface area is 186 Å². The molecule has 1 unspecified atom stereocenters. The van der Waals surface area contributed by atoms with E-state index < -0.39 is 11.5 Å². The number of hydrogen-bond donors (Lipinski definition) is 1. The van der Waals surface area contributed by atoms with Crippen LogP contribution >= 0.6 is 11.8 Å². The Balaban J connectivity index is 1.57. The van der Waals surface area contributed by atoms with Crippen LogP contribution in [-0.4, -0.2) is 30.9 Å². The molecule has 1 spiro atoms. The lowest BCUT2D eigenvalue weighted by molar-refractivity contribution is 0.400. The molecule has 0 aliphatic carbocycles. The van der Waals surface area contributed by atoms with Crippen LogP contribution in [0.4, 0.5) is 4.39 Å². The number of ether oxygens (including phenoxy) is 1. The number of nitrogens with two attached hydrogens (primary N) is 1. The highest BCUT2D eigenvalue weighted by Gasteiger charge is 2.46. The van der Waals surface area contributed by atoms with Crippen LogP contribution in [0.15, 0.2) is 72.2 Å². The molecule has 156 valence electrons. The number of rotatable bonds is 2. The van der Waals surface area contributed by atoms with Gasteiger partial charge < -0.3 is 10.5 Å². The number of pyridine rings is 2. The number of aromatic nitrogens is 4.